The fourth-order valence-corrected chi connectivity index (χ4v) is 2.14. The normalized spacial score (nSPS) is 11.9. The number of benzene rings is 1. The first-order chi connectivity index (χ1) is 8.95. The monoisotopic (exact) mass is 321 g/mol. The van der Waals surface area contributed by atoms with Gasteiger partial charge in [-0.1, -0.05) is 23.2 Å². The predicted octanol–water partition coefficient (Wildman–Crippen LogP) is 2.93. The lowest BCUT2D eigenvalue weighted by Gasteiger charge is -2.14. The molecule has 19 heavy (non-hydrogen) atoms. The number of halogens is 2. The van der Waals surface area contributed by atoms with Crippen LogP contribution in [0.2, 0.25) is 10.0 Å². The first-order valence-corrected chi connectivity index (χ1v) is 7.58. The van der Waals surface area contributed by atoms with Crippen molar-refractivity contribution in [2.75, 3.05) is 12.0 Å². The highest BCUT2D eigenvalue weighted by Gasteiger charge is 2.20. The van der Waals surface area contributed by atoms with Crippen molar-refractivity contribution >= 4 is 46.8 Å². The van der Waals surface area contributed by atoms with Crippen molar-refractivity contribution < 1.29 is 14.7 Å². The minimum Gasteiger partial charge on any atom is -0.480 e. The molecule has 104 valence electrons. The molecule has 0 aliphatic carbocycles. The summed E-state index contributed by atoms with van der Waals surface area (Å²) in [4.78, 5) is 22.9. The number of nitrogens with one attached hydrogen (secondary N) is 1. The summed E-state index contributed by atoms with van der Waals surface area (Å²) in [7, 11) is 0. The van der Waals surface area contributed by atoms with E-state index in [1.165, 1.54) is 30.0 Å². The van der Waals surface area contributed by atoms with Crippen molar-refractivity contribution in [3.63, 3.8) is 0 Å². The highest BCUT2D eigenvalue weighted by Crippen LogP contribution is 2.22. The van der Waals surface area contributed by atoms with Gasteiger partial charge in [-0.2, -0.15) is 11.8 Å². The third kappa shape index (κ3) is 4.93. The maximum absolute atomic E-state index is 11.9. The van der Waals surface area contributed by atoms with Gasteiger partial charge in [0.15, 0.2) is 0 Å². The van der Waals surface area contributed by atoms with Gasteiger partial charge < -0.3 is 10.4 Å². The molecule has 1 atom stereocenters. The lowest BCUT2D eigenvalue weighted by Crippen LogP contribution is -2.41. The van der Waals surface area contributed by atoms with Crippen molar-refractivity contribution in [2.24, 2.45) is 0 Å². The number of carbonyl (C=O) groups excluding carboxylic acids is 1. The molecule has 0 spiro atoms. The van der Waals surface area contributed by atoms with E-state index in [4.69, 9.17) is 28.3 Å². The minimum atomic E-state index is -1.05. The molecule has 2 N–H and O–H groups in total. The van der Waals surface area contributed by atoms with Crippen LogP contribution in [0.5, 0.6) is 0 Å². The highest BCUT2D eigenvalue weighted by atomic mass is 35.5. The molecule has 1 aromatic carbocycles. The van der Waals surface area contributed by atoms with Crippen LogP contribution in [0, 0.1) is 0 Å². The second-order valence-electron chi connectivity index (χ2n) is 3.77. The number of rotatable bonds is 6. The molecule has 0 aromatic heterocycles. The summed E-state index contributed by atoms with van der Waals surface area (Å²) in [5.41, 5.74) is 0.282. The molecule has 0 aliphatic rings. The number of carboxylic acids is 1. The van der Waals surface area contributed by atoms with Crippen LogP contribution in [0.25, 0.3) is 0 Å². The largest absolute Gasteiger partial charge is 0.480 e. The zero-order chi connectivity index (χ0) is 14.4. The van der Waals surface area contributed by atoms with Crippen molar-refractivity contribution in [3.05, 3.63) is 33.8 Å². The fourth-order valence-electron chi connectivity index (χ4n) is 1.37. The maximum atomic E-state index is 11.9. The molecule has 0 bridgehead atoms. The smallest absolute Gasteiger partial charge is 0.326 e. The molecule has 0 saturated carbocycles. The molecule has 1 rings (SSSR count). The van der Waals surface area contributed by atoms with E-state index >= 15 is 0 Å². The van der Waals surface area contributed by atoms with E-state index in [0.717, 1.165) is 0 Å². The summed E-state index contributed by atoms with van der Waals surface area (Å²) < 4.78 is 0. The molecule has 0 saturated heterocycles. The topological polar surface area (TPSA) is 66.4 Å². The lowest BCUT2D eigenvalue weighted by molar-refractivity contribution is -0.139. The van der Waals surface area contributed by atoms with Crippen LogP contribution in [-0.2, 0) is 4.79 Å². The molecule has 4 nitrogen and oxygen atoms in total. The molecular weight excluding hydrogens is 309 g/mol. The predicted molar refractivity (Wildman–Crippen MR) is 78.4 cm³/mol. The lowest BCUT2D eigenvalue weighted by atomic mass is 10.1. The second-order valence-corrected chi connectivity index (χ2v) is 5.57. The van der Waals surface area contributed by atoms with Crippen molar-refractivity contribution in [2.45, 2.75) is 12.5 Å². The number of amides is 1. The van der Waals surface area contributed by atoms with Crippen LogP contribution < -0.4 is 5.32 Å². The van der Waals surface area contributed by atoms with Gasteiger partial charge in [0.1, 0.15) is 6.04 Å². The number of thioether (sulfide) groups is 1. The Labute approximate surface area is 125 Å². The molecule has 0 heterocycles. The number of hydrogen-bond acceptors (Lipinski definition) is 3. The van der Waals surface area contributed by atoms with Gasteiger partial charge in [-0.05, 0) is 36.6 Å². The summed E-state index contributed by atoms with van der Waals surface area (Å²) in [6.07, 6.45) is 2.24. The number of aliphatic carboxylic acids is 1. The van der Waals surface area contributed by atoms with Crippen molar-refractivity contribution in [3.8, 4) is 0 Å². The third-order valence-electron chi connectivity index (χ3n) is 2.40. The Hall–Kier alpha value is -0.910. The molecule has 0 fully saturated rings. The van der Waals surface area contributed by atoms with E-state index in [1.807, 2.05) is 6.26 Å². The third-order valence-corrected chi connectivity index (χ3v) is 3.78. The SMILES string of the molecule is CSCC[C@H](NC(=O)c1ccc(Cl)c(Cl)c1)C(=O)O. The first-order valence-electron chi connectivity index (χ1n) is 5.43. The Balaban J connectivity index is 2.75. The molecule has 1 amide bonds. The maximum Gasteiger partial charge on any atom is 0.326 e. The number of hydrogen-bond donors (Lipinski definition) is 2. The second kappa shape index (κ2) is 7.62. The summed E-state index contributed by atoms with van der Waals surface area (Å²) in [6.45, 7) is 0. The van der Waals surface area contributed by atoms with Gasteiger partial charge in [0, 0.05) is 5.56 Å². The molecule has 0 radical (unpaired) electrons. The summed E-state index contributed by atoms with van der Waals surface area (Å²) in [6, 6.07) is 3.50. The zero-order valence-electron chi connectivity index (χ0n) is 10.2. The molecule has 1 aromatic rings. The van der Waals surface area contributed by atoms with E-state index in [-0.39, 0.29) is 10.6 Å². The Morgan fingerprint density at radius 1 is 1.37 bits per heavy atom. The van der Waals surface area contributed by atoms with Crippen molar-refractivity contribution in [1.29, 1.82) is 0 Å². The standard InChI is InChI=1S/C12H13Cl2NO3S/c1-19-5-4-10(12(17)18)15-11(16)7-2-3-8(13)9(14)6-7/h2-3,6,10H,4-5H2,1H3,(H,15,16)(H,17,18)/t10-/m0/s1. The van der Waals surface area contributed by atoms with E-state index in [0.29, 0.717) is 17.2 Å². The number of carbonyl (C=O) groups is 2. The Morgan fingerprint density at radius 2 is 2.05 bits per heavy atom. The number of carboxylic acid groups (broad SMARTS) is 1. The first kappa shape index (κ1) is 16.1. The van der Waals surface area contributed by atoms with E-state index in [2.05, 4.69) is 5.32 Å². The van der Waals surface area contributed by atoms with Crippen LogP contribution >= 0.6 is 35.0 Å². The van der Waals surface area contributed by atoms with Gasteiger partial charge in [-0.25, -0.2) is 4.79 Å². The molecular formula is C12H13Cl2NO3S. The Morgan fingerprint density at radius 3 is 2.58 bits per heavy atom. The average molecular weight is 322 g/mol. The van der Waals surface area contributed by atoms with Crippen LogP contribution in [-0.4, -0.2) is 35.0 Å². The van der Waals surface area contributed by atoms with E-state index < -0.39 is 17.9 Å². The van der Waals surface area contributed by atoms with Gasteiger partial charge in [0.05, 0.1) is 10.0 Å². The van der Waals surface area contributed by atoms with E-state index in [1.54, 1.807) is 0 Å². The highest BCUT2D eigenvalue weighted by molar-refractivity contribution is 7.98. The quantitative estimate of drug-likeness (QED) is 0.845. The Bertz CT molecular complexity index is 482. The van der Waals surface area contributed by atoms with Crippen LogP contribution in [0.1, 0.15) is 16.8 Å². The minimum absolute atomic E-state index is 0.255. The fraction of sp³-hybridized carbons (Fsp3) is 0.333. The van der Waals surface area contributed by atoms with Crippen LogP contribution in [0.3, 0.4) is 0 Å². The molecule has 7 heteroatoms. The molecule has 0 unspecified atom stereocenters. The van der Waals surface area contributed by atoms with Crippen LogP contribution in [0.15, 0.2) is 18.2 Å². The zero-order valence-corrected chi connectivity index (χ0v) is 12.5. The van der Waals surface area contributed by atoms with Gasteiger partial charge in [0.25, 0.3) is 5.91 Å². The van der Waals surface area contributed by atoms with Crippen LogP contribution in [0.4, 0.5) is 0 Å². The summed E-state index contributed by atoms with van der Waals surface area (Å²) in [5.74, 6) is -0.881. The van der Waals surface area contributed by atoms with Gasteiger partial charge in [-0.3, -0.25) is 4.79 Å². The van der Waals surface area contributed by atoms with E-state index in [9.17, 15) is 9.59 Å². The van der Waals surface area contributed by atoms with Gasteiger partial charge in [0.2, 0.25) is 0 Å². The van der Waals surface area contributed by atoms with Gasteiger partial charge in [-0.15, -0.1) is 0 Å². The molecule has 0 aliphatic heterocycles. The summed E-state index contributed by atoms with van der Waals surface area (Å²) in [5, 5.41) is 12.1. The van der Waals surface area contributed by atoms with Crippen molar-refractivity contribution in [1.82, 2.24) is 5.32 Å². The average Bonchev–Trinajstić information content (AvgIpc) is 2.37. The summed E-state index contributed by atoms with van der Waals surface area (Å²) >= 11 is 13.1. The Kier molecular flexibility index (Phi) is 6.48. The van der Waals surface area contributed by atoms with Gasteiger partial charge >= 0.3 is 5.97 Å².